The lowest BCUT2D eigenvalue weighted by molar-refractivity contribution is -0.121. The lowest BCUT2D eigenvalue weighted by Crippen LogP contribution is -2.22. The van der Waals surface area contributed by atoms with Crippen LogP contribution in [0.15, 0.2) is 24.5 Å². The van der Waals surface area contributed by atoms with Gasteiger partial charge in [0.2, 0.25) is 5.91 Å². The molecule has 0 radical (unpaired) electrons. The van der Waals surface area contributed by atoms with E-state index in [2.05, 4.69) is 10.3 Å². The molecule has 19 heavy (non-hydrogen) atoms. The zero-order chi connectivity index (χ0) is 13.3. The van der Waals surface area contributed by atoms with Gasteiger partial charge in [0.25, 0.3) is 0 Å². The minimum absolute atomic E-state index is 0.158. The monoisotopic (exact) mass is 296 g/mol. The van der Waals surface area contributed by atoms with Gasteiger partial charge in [0.05, 0.1) is 0 Å². The van der Waals surface area contributed by atoms with Crippen LogP contribution in [-0.2, 0) is 11.3 Å². The first-order valence-electron chi connectivity index (χ1n) is 6.78. The highest BCUT2D eigenvalue weighted by atomic mass is 33.1. The fourth-order valence-electron chi connectivity index (χ4n) is 2.01. The van der Waals surface area contributed by atoms with Gasteiger partial charge in [-0.1, -0.05) is 28.0 Å². The van der Waals surface area contributed by atoms with Crippen molar-refractivity contribution in [3.63, 3.8) is 0 Å². The molecule has 0 aromatic carbocycles. The van der Waals surface area contributed by atoms with Gasteiger partial charge in [0, 0.05) is 36.4 Å². The molecule has 1 aromatic heterocycles. The van der Waals surface area contributed by atoms with Crippen molar-refractivity contribution in [2.45, 2.75) is 43.9 Å². The molecule has 1 amide bonds. The van der Waals surface area contributed by atoms with Gasteiger partial charge in [0.15, 0.2) is 0 Å². The van der Waals surface area contributed by atoms with Crippen LogP contribution in [-0.4, -0.2) is 21.9 Å². The minimum atomic E-state index is 0.158. The van der Waals surface area contributed by atoms with Crippen molar-refractivity contribution >= 4 is 27.5 Å². The third kappa shape index (κ3) is 5.87. The van der Waals surface area contributed by atoms with Crippen LogP contribution in [0.5, 0.6) is 0 Å². The Morgan fingerprint density at radius 1 is 1.37 bits per heavy atom. The Morgan fingerprint density at radius 3 is 2.95 bits per heavy atom. The maximum Gasteiger partial charge on any atom is 0.220 e. The van der Waals surface area contributed by atoms with Gasteiger partial charge < -0.3 is 5.32 Å². The van der Waals surface area contributed by atoms with E-state index in [1.165, 1.54) is 25.0 Å². The molecular weight excluding hydrogens is 276 g/mol. The molecular formula is C14H20N2OS2. The highest BCUT2D eigenvalue weighted by Crippen LogP contribution is 2.39. The summed E-state index contributed by atoms with van der Waals surface area (Å²) in [5.41, 5.74) is 1.10. The normalized spacial score (nSPS) is 18.4. The zero-order valence-corrected chi connectivity index (χ0v) is 12.6. The fraction of sp³-hybridized carbons (Fsp3) is 0.571. The number of nitrogens with zero attached hydrogens (tertiary/aromatic N) is 1. The van der Waals surface area contributed by atoms with Crippen molar-refractivity contribution in [3.8, 4) is 0 Å². The van der Waals surface area contributed by atoms with Crippen LogP contribution >= 0.6 is 21.6 Å². The van der Waals surface area contributed by atoms with Gasteiger partial charge in [-0.25, -0.2) is 0 Å². The standard InChI is InChI=1S/C14H20N2OS2/c17-14(16-11-12-5-8-15-9-6-12)4-2-1-3-13-7-10-18-19-13/h5-6,8-9,13H,1-4,7,10-11H2,(H,16,17). The van der Waals surface area contributed by atoms with Crippen molar-refractivity contribution in [1.29, 1.82) is 0 Å². The molecule has 1 aliphatic rings. The van der Waals surface area contributed by atoms with Crippen LogP contribution in [0, 0.1) is 0 Å². The Kier molecular flexibility index (Phi) is 6.57. The molecule has 1 N–H and O–H groups in total. The van der Waals surface area contributed by atoms with Gasteiger partial charge in [-0.05, 0) is 37.0 Å². The third-order valence-corrected chi connectivity index (χ3v) is 6.15. The van der Waals surface area contributed by atoms with Crippen molar-refractivity contribution in [2.24, 2.45) is 0 Å². The maximum absolute atomic E-state index is 11.7. The highest BCUT2D eigenvalue weighted by Gasteiger charge is 2.15. The second-order valence-corrected chi connectivity index (χ2v) is 7.49. The van der Waals surface area contributed by atoms with Crippen LogP contribution in [0.4, 0.5) is 0 Å². The first-order chi connectivity index (χ1) is 9.34. The molecule has 2 heterocycles. The van der Waals surface area contributed by atoms with E-state index in [0.717, 1.165) is 17.2 Å². The first kappa shape index (κ1) is 14.7. The Bertz CT molecular complexity index is 380. The second-order valence-electron chi connectivity index (χ2n) is 4.71. The van der Waals surface area contributed by atoms with E-state index < -0.39 is 0 Å². The molecule has 1 aromatic rings. The summed E-state index contributed by atoms with van der Waals surface area (Å²) in [6.07, 6.45) is 8.91. The molecule has 2 rings (SSSR count). The van der Waals surface area contributed by atoms with Gasteiger partial charge in [0.1, 0.15) is 0 Å². The molecule has 1 aliphatic heterocycles. The second kappa shape index (κ2) is 8.48. The Hall–Kier alpha value is -0.680. The minimum Gasteiger partial charge on any atom is -0.352 e. The molecule has 1 atom stereocenters. The predicted molar refractivity (Wildman–Crippen MR) is 83.0 cm³/mol. The molecule has 1 fully saturated rings. The molecule has 104 valence electrons. The number of unbranched alkanes of at least 4 members (excludes halogenated alkanes) is 1. The molecule has 5 heteroatoms. The Labute approximate surface area is 122 Å². The zero-order valence-electron chi connectivity index (χ0n) is 11.0. The van der Waals surface area contributed by atoms with Gasteiger partial charge in [-0.15, -0.1) is 0 Å². The molecule has 0 spiro atoms. The average molecular weight is 296 g/mol. The lowest BCUT2D eigenvalue weighted by Gasteiger charge is -2.07. The van der Waals surface area contributed by atoms with Crippen molar-refractivity contribution in [2.75, 3.05) is 5.75 Å². The number of amides is 1. The first-order valence-corrected chi connectivity index (χ1v) is 9.16. The van der Waals surface area contributed by atoms with Crippen molar-refractivity contribution in [1.82, 2.24) is 10.3 Å². The molecule has 0 saturated carbocycles. The molecule has 3 nitrogen and oxygen atoms in total. The molecule has 0 bridgehead atoms. The van der Waals surface area contributed by atoms with Crippen LogP contribution in [0.1, 0.15) is 37.7 Å². The molecule has 1 unspecified atom stereocenters. The summed E-state index contributed by atoms with van der Waals surface area (Å²) < 4.78 is 0. The summed E-state index contributed by atoms with van der Waals surface area (Å²) in [7, 11) is 4.00. The number of pyridine rings is 1. The summed E-state index contributed by atoms with van der Waals surface area (Å²) in [6, 6.07) is 3.85. The van der Waals surface area contributed by atoms with E-state index in [1.807, 2.05) is 33.7 Å². The third-order valence-electron chi connectivity index (χ3n) is 3.15. The number of rotatable bonds is 7. The highest BCUT2D eigenvalue weighted by molar-refractivity contribution is 8.77. The van der Waals surface area contributed by atoms with E-state index in [1.54, 1.807) is 12.4 Å². The summed E-state index contributed by atoms with van der Waals surface area (Å²) in [4.78, 5) is 15.6. The van der Waals surface area contributed by atoms with Crippen LogP contribution in [0.3, 0.4) is 0 Å². The number of hydrogen-bond donors (Lipinski definition) is 1. The topological polar surface area (TPSA) is 42.0 Å². The molecule has 1 saturated heterocycles. The number of carbonyl (C=O) groups excluding carboxylic acids is 1. The summed E-state index contributed by atoms with van der Waals surface area (Å²) >= 11 is 0. The van der Waals surface area contributed by atoms with Gasteiger partial charge in [-0.2, -0.15) is 0 Å². The maximum atomic E-state index is 11.7. The van der Waals surface area contributed by atoms with E-state index in [-0.39, 0.29) is 5.91 Å². The predicted octanol–water partition coefficient (Wildman–Crippen LogP) is 3.41. The van der Waals surface area contributed by atoms with E-state index in [4.69, 9.17) is 0 Å². The smallest absolute Gasteiger partial charge is 0.220 e. The fourth-order valence-corrected chi connectivity index (χ4v) is 5.04. The van der Waals surface area contributed by atoms with E-state index >= 15 is 0 Å². The summed E-state index contributed by atoms with van der Waals surface area (Å²) in [6.45, 7) is 0.608. The average Bonchev–Trinajstić information content (AvgIpc) is 2.96. The van der Waals surface area contributed by atoms with Crippen LogP contribution < -0.4 is 5.32 Å². The van der Waals surface area contributed by atoms with E-state index in [9.17, 15) is 4.79 Å². The number of aromatic nitrogens is 1. The summed E-state index contributed by atoms with van der Waals surface area (Å²) in [5.74, 6) is 1.45. The quantitative estimate of drug-likeness (QED) is 0.618. The number of hydrogen-bond acceptors (Lipinski definition) is 4. The van der Waals surface area contributed by atoms with Crippen LogP contribution in [0.2, 0.25) is 0 Å². The Balaban J connectivity index is 1.52. The number of carbonyl (C=O) groups is 1. The van der Waals surface area contributed by atoms with Crippen molar-refractivity contribution < 1.29 is 4.79 Å². The lowest BCUT2D eigenvalue weighted by atomic mass is 10.1. The van der Waals surface area contributed by atoms with Crippen LogP contribution in [0.25, 0.3) is 0 Å². The number of nitrogens with one attached hydrogen (secondary N) is 1. The SMILES string of the molecule is O=C(CCCCC1CCSS1)NCc1ccncc1. The summed E-state index contributed by atoms with van der Waals surface area (Å²) in [5, 5.41) is 3.78. The van der Waals surface area contributed by atoms with E-state index in [0.29, 0.717) is 13.0 Å². The van der Waals surface area contributed by atoms with Crippen molar-refractivity contribution in [3.05, 3.63) is 30.1 Å². The molecule has 0 aliphatic carbocycles. The van der Waals surface area contributed by atoms with Gasteiger partial charge in [-0.3, -0.25) is 9.78 Å². The largest absolute Gasteiger partial charge is 0.352 e. The Morgan fingerprint density at radius 2 is 2.21 bits per heavy atom. The van der Waals surface area contributed by atoms with Gasteiger partial charge >= 0.3 is 0 Å².